The fourth-order valence-electron chi connectivity index (χ4n) is 3.86. The average molecular weight is 439 g/mol. The Balaban J connectivity index is 1.32. The van der Waals surface area contributed by atoms with Crippen molar-refractivity contribution < 1.29 is 13.2 Å². The summed E-state index contributed by atoms with van der Waals surface area (Å²) in [5.41, 5.74) is 1.06. The second-order valence-electron chi connectivity index (χ2n) is 7.45. The lowest BCUT2D eigenvalue weighted by Gasteiger charge is -2.35. The molecular weight excluding hydrogens is 416 g/mol. The molecule has 1 atom stereocenters. The summed E-state index contributed by atoms with van der Waals surface area (Å²) < 4.78 is 23.2. The van der Waals surface area contributed by atoms with Crippen LogP contribution in [0.15, 0.2) is 36.4 Å². The zero-order valence-corrected chi connectivity index (χ0v) is 17.9. The van der Waals surface area contributed by atoms with Crippen molar-refractivity contribution in [3.8, 4) is 10.4 Å². The van der Waals surface area contributed by atoms with Crippen LogP contribution >= 0.6 is 22.9 Å². The van der Waals surface area contributed by atoms with Gasteiger partial charge in [0.25, 0.3) is 0 Å². The highest BCUT2D eigenvalue weighted by Crippen LogP contribution is 2.33. The zero-order valence-electron chi connectivity index (χ0n) is 15.5. The van der Waals surface area contributed by atoms with E-state index in [4.69, 9.17) is 11.6 Å². The minimum absolute atomic E-state index is 0.0119. The highest BCUT2D eigenvalue weighted by molar-refractivity contribution is 7.91. The molecule has 3 heterocycles. The van der Waals surface area contributed by atoms with Crippen molar-refractivity contribution in [1.82, 2.24) is 9.80 Å². The van der Waals surface area contributed by atoms with Crippen LogP contribution in [-0.2, 0) is 21.2 Å². The number of amides is 1. The van der Waals surface area contributed by atoms with Gasteiger partial charge in [0, 0.05) is 53.1 Å². The van der Waals surface area contributed by atoms with Crippen molar-refractivity contribution in [2.75, 3.05) is 37.7 Å². The lowest BCUT2D eigenvalue weighted by Crippen LogP contribution is -2.50. The fraction of sp³-hybridized carbons (Fsp3) is 0.450. The van der Waals surface area contributed by atoms with Gasteiger partial charge in [-0.05, 0) is 24.6 Å². The highest BCUT2D eigenvalue weighted by Gasteiger charge is 2.36. The number of hydrogen-bond donors (Lipinski definition) is 0. The van der Waals surface area contributed by atoms with Gasteiger partial charge in [0.1, 0.15) is 0 Å². The van der Waals surface area contributed by atoms with Crippen LogP contribution in [0.2, 0.25) is 5.02 Å². The summed E-state index contributed by atoms with van der Waals surface area (Å²) in [5.74, 6) is -0.161. The van der Waals surface area contributed by atoms with Gasteiger partial charge in [0.05, 0.1) is 17.4 Å². The third-order valence-electron chi connectivity index (χ3n) is 5.45. The van der Waals surface area contributed by atoms with Crippen LogP contribution in [0.25, 0.3) is 10.4 Å². The molecule has 2 saturated heterocycles. The van der Waals surface area contributed by atoms with E-state index >= 15 is 0 Å². The third-order valence-corrected chi connectivity index (χ3v) is 8.65. The molecule has 0 radical (unpaired) electrons. The summed E-state index contributed by atoms with van der Waals surface area (Å²) in [6.45, 7) is 3.81. The topological polar surface area (TPSA) is 57.7 Å². The molecule has 0 aliphatic carbocycles. The first-order valence-corrected chi connectivity index (χ1v) is 12.5. The first kappa shape index (κ1) is 19.9. The lowest BCUT2D eigenvalue weighted by atomic mass is 10.1. The van der Waals surface area contributed by atoms with Crippen molar-refractivity contribution in [3.63, 3.8) is 0 Å². The summed E-state index contributed by atoms with van der Waals surface area (Å²) in [6, 6.07) is 12.1. The van der Waals surface area contributed by atoms with Crippen LogP contribution in [0.5, 0.6) is 0 Å². The molecule has 0 bridgehead atoms. The Kier molecular flexibility index (Phi) is 5.78. The maximum absolute atomic E-state index is 12.6. The van der Waals surface area contributed by atoms with Crippen LogP contribution in [0.1, 0.15) is 11.3 Å². The second kappa shape index (κ2) is 8.14. The van der Waals surface area contributed by atoms with E-state index in [-0.39, 0.29) is 23.3 Å². The molecule has 1 aromatic heterocycles. The van der Waals surface area contributed by atoms with E-state index in [0.717, 1.165) is 35.1 Å². The number of hydrogen-bond acceptors (Lipinski definition) is 5. The quantitative estimate of drug-likeness (QED) is 0.735. The molecule has 1 amide bonds. The molecule has 2 aliphatic heterocycles. The molecule has 28 heavy (non-hydrogen) atoms. The number of rotatable bonds is 4. The van der Waals surface area contributed by atoms with E-state index in [2.05, 4.69) is 17.0 Å². The van der Waals surface area contributed by atoms with Crippen LogP contribution in [-0.4, -0.2) is 61.8 Å². The Morgan fingerprint density at radius 2 is 1.86 bits per heavy atom. The Morgan fingerprint density at radius 3 is 2.54 bits per heavy atom. The van der Waals surface area contributed by atoms with Gasteiger partial charge in [0.2, 0.25) is 5.91 Å². The van der Waals surface area contributed by atoms with Gasteiger partial charge in [-0.15, -0.1) is 11.3 Å². The number of halogens is 1. The van der Waals surface area contributed by atoms with E-state index in [1.165, 1.54) is 4.88 Å². The first-order chi connectivity index (χ1) is 13.4. The molecule has 2 fully saturated rings. The number of carbonyl (C=O) groups excluding carboxylic acids is 1. The average Bonchev–Trinajstić information content (AvgIpc) is 3.28. The molecule has 0 N–H and O–H groups in total. The summed E-state index contributed by atoms with van der Waals surface area (Å²) in [4.78, 5) is 19.2. The molecule has 0 spiro atoms. The Bertz CT molecular complexity index is 965. The van der Waals surface area contributed by atoms with E-state index < -0.39 is 9.84 Å². The van der Waals surface area contributed by atoms with Gasteiger partial charge in [-0.2, -0.15) is 0 Å². The van der Waals surface area contributed by atoms with Crippen LogP contribution in [0.3, 0.4) is 0 Å². The number of sulfone groups is 1. The molecular formula is C20H23ClN2O3S2. The maximum atomic E-state index is 12.6. The van der Waals surface area contributed by atoms with Crippen molar-refractivity contribution in [2.45, 2.75) is 13.0 Å². The van der Waals surface area contributed by atoms with Crippen molar-refractivity contribution >= 4 is 38.7 Å². The van der Waals surface area contributed by atoms with Gasteiger partial charge in [0.15, 0.2) is 9.84 Å². The zero-order chi connectivity index (χ0) is 19.7. The smallest absolute Gasteiger partial charge is 0.226 e. The predicted octanol–water partition coefficient (Wildman–Crippen LogP) is 3.15. The van der Waals surface area contributed by atoms with Crippen LogP contribution in [0, 0.1) is 5.92 Å². The molecule has 4 rings (SSSR count). The molecule has 2 aliphatic rings. The second-order valence-corrected chi connectivity index (χ2v) is 11.3. The molecule has 0 saturated carbocycles. The minimum atomic E-state index is -3.02. The minimum Gasteiger partial charge on any atom is -0.340 e. The lowest BCUT2D eigenvalue weighted by molar-refractivity contribution is -0.136. The predicted molar refractivity (Wildman–Crippen MR) is 113 cm³/mol. The molecule has 0 unspecified atom stereocenters. The molecule has 1 aromatic carbocycles. The summed E-state index contributed by atoms with van der Waals surface area (Å²) in [7, 11) is -3.02. The van der Waals surface area contributed by atoms with Crippen LogP contribution < -0.4 is 0 Å². The monoisotopic (exact) mass is 438 g/mol. The summed E-state index contributed by atoms with van der Waals surface area (Å²) in [6.07, 6.45) is 0.474. The highest BCUT2D eigenvalue weighted by atomic mass is 35.5. The van der Waals surface area contributed by atoms with Gasteiger partial charge in [-0.3, -0.25) is 9.69 Å². The van der Waals surface area contributed by atoms with E-state index in [0.29, 0.717) is 19.5 Å². The van der Waals surface area contributed by atoms with Gasteiger partial charge >= 0.3 is 0 Å². The first-order valence-electron chi connectivity index (χ1n) is 9.46. The summed E-state index contributed by atoms with van der Waals surface area (Å²) >= 11 is 8.05. The Morgan fingerprint density at radius 1 is 1.11 bits per heavy atom. The molecule has 150 valence electrons. The molecule has 8 heteroatoms. The molecule has 2 aromatic rings. The van der Waals surface area contributed by atoms with Crippen molar-refractivity contribution in [1.29, 1.82) is 0 Å². The normalized spacial score (nSPS) is 22.5. The van der Waals surface area contributed by atoms with Gasteiger partial charge < -0.3 is 4.90 Å². The molecule has 5 nitrogen and oxygen atoms in total. The fourth-order valence-corrected chi connectivity index (χ4v) is 6.98. The maximum Gasteiger partial charge on any atom is 0.226 e. The number of thiophene rings is 1. The van der Waals surface area contributed by atoms with Gasteiger partial charge in [-0.1, -0.05) is 29.8 Å². The number of benzene rings is 1. The van der Waals surface area contributed by atoms with E-state index in [1.54, 1.807) is 11.3 Å². The summed E-state index contributed by atoms with van der Waals surface area (Å²) in [5, 5.41) is 0.761. The largest absolute Gasteiger partial charge is 0.340 e. The number of carbonyl (C=O) groups is 1. The standard InChI is InChI=1S/C20H23ClN2O3S2/c21-18-4-2-1-3-17(18)19-6-5-16(27-19)13-22-8-10-23(11-9-22)20(24)15-7-12-28(25,26)14-15/h1-6,15H,7-14H2/t15-/m0/s1. The van der Waals surface area contributed by atoms with Gasteiger partial charge in [-0.25, -0.2) is 8.42 Å². The Labute approximate surface area is 174 Å². The SMILES string of the molecule is O=C([C@H]1CCS(=O)(=O)C1)N1CCN(Cc2ccc(-c3ccccc3Cl)s2)CC1. The number of nitrogens with zero attached hydrogens (tertiary/aromatic N) is 2. The number of piperazine rings is 1. The van der Waals surface area contributed by atoms with E-state index in [9.17, 15) is 13.2 Å². The van der Waals surface area contributed by atoms with Crippen molar-refractivity contribution in [2.24, 2.45) is 5.92 Å². The van der Waals surface area contributed by atoms with Crippen LogP contribution in [0.4, 0.5) is 0 Å². The van der Waals surface area contributed by atoms with E-state index in [1.807, 2.05) is 29.2 Å². The Hall–Kier alpha value is -1.41. The van der Waals surface area contributed by atoms with Crippen molar-refractivity contribution in [3.05, 3.63) is 46.3 Å². The third kappa shape index (κ3) is 4.43.